The molecule has 3 heteroatoms. The summed E-state index contributed by atoms with van der Waals surface area (Å²) in [4.78, 5) is 0. The number of ether oxygens (including phenoxy) is 1. The summed E-state index contributed by atoms with van der Waals surface area (Å²) >= 11 is 3.65. The molecule has 19 heavy (non-hydrogen) atoms. The van der Waals surface area contributed by atoms with Crippen molar-refractivity contribution in [2.75, 3.05) is 13.2 Å². The van der Waals surface area contributed by atoms with Crippen molar-refractivity contribution in [3.63, 3.8) is 0 Å². The van der Waals surface area contributed by atoms with Crippen molar-refractivity contribution in [2.24, 2.45) is 0 Å². The van der Waals surface area contributed by atoms with Gasteiger partial charge in [0.2, 0.25) is 0 Å². The van der Waals surface area contributed by atoms with Gasteiger partial charge in [0.1, 0.15) is 0 Å². The van der Waals surface area contributed by atoms with Gasteiger partial charge in [-0.2, -0.15) is 0 Å². The normalized spacial score (nSPS) is 20.6. The SMILES string of the molecule is CCCNC(Cc1ccccc1Br)CC1CCCO1. The Morgan fingerprint density at radius 2 is 2.26 bits per heavy atom. The lowest BCUT2D eigenvalue weighted by Gasteiger charge is -2.22. The number of hydrogen-bond donors (Lipinski definition) is 1. The van der Waals surface area contributed by atoms with Gasteiger partial charge in [0, 0.05) is 17.1 Å². The minimum absolute atomic E-state index is 0.455. The molecule has 1 aliphatic heterocycles. The van der Waals surface area contributed by atoms with Crippen LogP contribution in [0.15, 0.2) is 28.7 Å². The highest BCUT2D eigenvalue weighted by atomic mass is 79.9. The maximum Gasteiger partial charge on any atom is 0.0590 e. The highest BCUT2D eigenvalue weighted by Crippen LogP contribution is 2.22. The van der Waals surface area contributed by atoms with E-state index in [4.69, 9.17) is 4.74 Å². The minimum atomic E-state index is 0.455. The van der Waals surface area contributed by atoms with Gasteiger partial charge in [-0.15, -0.1) is 0 Å². The van der Waals surface area contributed by atoms with E-state index in [1.165, 1.54) is 29.3 Å². The van der Waals surface area contributed by atoms with Gasteiger partial charge in [0.15, 0.2) is 0 Å². The molecule has 0 aliphatic carbocycles. The van der Waals surface area contributed by atoms with E-state index < -0.39 is 0 Å². The van der Waals surface area contributed by atoms with Crippen molar-refractivity contribution < 1.29 is 4.74 Å². The average molecular weight is 326 g/mol. The van der Waals surface area contributed by atoms with Crippen molar-refractivity contribution in [2.45, 2.75) is 51.2 Å². The van der Waals surface area contributed by atoms with Gasteiger partial charge < -0.3 is 10.1 Å². The van der Waals surface area contributed by atoms with Crippen molar-refractivity contribution >= 4 is 15.9 Å². The van der Waals surface area contributed by atoms with Crippen molar-refractivity contribution in [1.29, 1.82) is 0 Å². The second-order valence-electron chi connectivity index (χ2n) is 5.32. The molecule has 0 aromatic heterocycles. The maximum atomic E-state index is 5.78. The highest BCUT2D eigenvalue weighted by Gasteiger charge is 2.21. The van der Waals surface area contributed by atoms with Gasteiger partial charge in [0.05, 0.1) is 6.10 Å². The summed E-state index contributed by atoms with van der Waals surface area (Å²) in [5, 5.41) is 3.67. The molecule has 0 spiro atoms. The van der Waals surface area contributed by atoms with Crippen LogP contribution in [-0.2, 0) is 11.2 Å². The lowest BCUT2D eigenvalue weighted by atomic mass is 9.99. The number of hydrogen-bond acceptors (Lipinski definition) is 2. The molecule has 1 fully saturated rings. The van der Waals surface area contributed by atoms with Crippen LogP contribution >= 0.6 is 15.9 Å². The number of benzene rings is 1. The summed E-state index contributed by atoms with van der Waals surface area (Å²) in [5.74, 6) is 0. The standard InChI is InChI=1S/C16H24BrNO/c1-2-9-18-14(12-15-7-5-10-19-15)11-13-6-3-4-8-16(13)17/h3-4,6,8,14-15,18H,2,5,7,9-12H2,1H3. The molecule has 1 N–H and O–H groups in total. The molecule has 1 heterocycles. The van der Waals surface area contributed by atoms with E-state index in [9.17, 15) is 0 Å². The van der Waals surface area contributed by atoms with E-state index in [0.717, 1.165) is 26.0 Å². The first-order valence-corrected chi connectivity index (χ1v) is 8.17. The van der Waals surface area contributed by atoms with Crippen LogP contribution in [0.5, 0.6) is 0 Å². The third-order valence-electron chi connectivity index (χ3n) is 3.68. The van der Waals surface area contributed by atoms with E-state index in [0.29, 0.717) is 12.1 Å². The highest BCUT2D eigenvalue weighted by molar-refractivity contribution is 9.10. The third kappa shape index (κ3) is 4.90. The van der Waals surface area contributed by atoms with Crippen LogP contribution in [0.25, 0.3) is 0 Å². The zero-order valence-corrected chi connectivity index (χ0v) is 13.3. The molecule has 2 nitrogen and oxygen atoms in total. The molecule has 1 aromatic rings. The first-order valence-electron chi connectivity index (χ1n) is 7.38. The van der Waals surface area contributed by atoms with E-state index in [-0.39, 0.29) is 0 Å². The fraction of sp³-hybridized carbons (Fsp3) is 0.625. The summed E-state index contributed by atoms with van der Waals surface area (Å²) in [6, 6.07) is 9.03. The maximum absolute atomic E-state index is 5.78. The van der Waals surface area contributed by atoms with E-state index in [2.05, 4.69) is 52.4 Å². The van der Waals surface area contributed by atoms with Crippen LogP contribution in [0.1, 0.15) is 38.2 Å². The van der Waals surface area contributed by atoms with Crippen LogP contribution < -0.4 is 5.32 Å². The molecule has 2 unspecified atom stereocenters. The Hall–Kier alpha value is -0.380. The number of rotatable bonds is 7. The predicted octanol–water partition coefficient (Wildman–Crippen LogP) is 3.93. The third-order valence-corrected chi connectivity index (χ3v) is 4.45. The molecule has 2 atom stereocenters. The topological polar surface area (TPSA) is 21.3 Å². The Morgan fingerprint density at radius 1 is 1.42 bits per heavy atom. The van der Waals surface area contributed by atoms with Gasteiger partial charge in [-0.3, -0.25) is 0 Å². The second kappa shape index (κ2) is 8.03. The largest absolute Gasteiger partial charge is 0.378 e. The Balaban J connectivity index is 1.94. The zero-order valence-electron chi connectivity index (χ0n) is 11.7. The summed E-state index contributed by atoms with van der Waals surface area (Å²) in [6.45, 7) is 4.25. The van der Waals surface area contributed by atoms with Crippen LogP contribution in [0.3, 0.4) is 0 Å². The summed E-state index contributed by atoms with van der Waals surface area (Å²) in [5.41, 5.74) is 1.38. The number of nitrogens with one attached hydrogen (secondary N) is 1. The Kier molecular flexibility index (Phi) is 6.35. The van der Waals surface area contributed by atoms with Crippen LogP contribution in [0.4, 0.5) is 0 Å². The van der Waals surface area contributed by atoms with Crippen molar-refractivity contribution in [1.82, 2.24) is 5.32 Å². The average Bonchev–Trinajstić information content (AvgIpc) is 2.91. The fourth-order valence-electron chi connectivity index (χ4n) is 2.66. The van der Waals surface area contributed by atoms with Crippen LogP contribution in [0.2, 0.25) is 0 Å². The molecule has 1 aliphatic rings. The zero-order chi connectivity index (χ0) is 13.5. The minimum Gasteiger partial charge on any atom is -0.378 e. The quantitative estimate of drug-likeness (QED) is 0.820. The number of halogens is 1. The lowest BCUT2D eigenvalue weighted by molar-refractivity contribution is 0.0946. The first kappa shape index (κ1) is 15.0. The molecular formula is C16H24BrNO. The molecule has 0 bridgehead atoms. The Bertz CT molecular complexity index is 377. The van der Waals surface area contributed by atoms with Crippen molar-refractivity contribution in [3.05, 3.63) is 34.3 Å². The molecule has 0 amide bonds. The molecule has 2 rings (SSSR count). The van der Waals surface area contributed by atoms with Gasteiger partial charge in [-0.05, 0) is 50.3 Å². The van der Waals surface area contributed by atoms with Crippen LogP contribution in [-0.4, -0.2) is 25.3 Å². The molecule has 106 valence electrons. The monoisotopic (exact) mass is 325 g/mol. The van der Waals surface area contributed by atoms with E-state index in [1.54, 1.807) is 0 Å². The van der Waals surface area contributed by atoms with Gasteiger partial charge in [0.25, 0.3) is 0 Å². The fourth-order valence-corrected chi connectivity index (χ4v) is 3.11. The van der Waals surface area contributed by atoms with Gasteiger partial charge in [-0.1, -0.05) is 41.1 Å². The summed E-state index contributed by atoms with van der Waals surface area (Å²) in [7, 11) is 0. The van der Waals surface area contributed by atoms with E-state index >= 15 is 0 Å². The molecule has 1 aromatic carbocycles. The second-order valence-corrected chi connectivity index (χ2v) is 6.17. The predicted molar refractivity (Wildman–Crippen MR) is 83.5 cm³/mol. The molecule has 0 saturated carbocycles. The van der Waals surface area contributed by atoms with Crippen molar-refractivity contribution in [3.8, 4) is 0 Å². The summed E-state index contributed by atoms with van der Waals surface area (Å²) in [6.07, 6.45) is 6.28. The molecule has 0 radical (unpaired) electrons. The molecule has 1 saturated heterocycles. The molecular weight excluding hydrogens is 302 g/mol. The Labute approximate surface area is 125 Å². The summed E-state index contributed by atoms with van der Waals surface area (Å²) < 4.78 is 6.99. The smallest absolute Gasteiger partial charge is 0.0590 e. The van der Waals surface area contributed by atoms with E-state index in [1.807, 2.05) is 0 Å². The van der Waals surface area contributed by atoms with Gasteiger partial charge >= 0.3 is 0 Å². The van der Waals surface area contributed by atoms with Crippen LogP contribution in [0, 0.1) is 0 Å². The Morgan fingerprint density at radius 3 is 2.95 bits per heavy atom. The lowest BCUT2D eigenvalue weighted by Crippen LogP contribution is -2.35. The van der Waals surface area contributed by atoms with Gasteiger partial charge in [-0.25, -0.2) is 0 Å². The first-order chi connectivity index (χ1) is 9.29.